The van der Waals surface area contributed by atoms with Gasteiger partial charge in [0.1, 0.15) is 5.75 Å². The first-order valence-electron chi connectivity index (χ1n) is 6.38. The van der Waals surface area contributed by atoms with E-state index in [-0.39, 0.29) is 6.03 Å². The summed E-state index contributed by atoms with van der Waals surface area (Å²) in [6, 6.07) is 17.4. The van der Waals surface area contributed by atoms with Crippen molar-refractivity contribution < 1.29 is 8.98 Å². The van der Waals surface area contributed by atoms with Crippen LogP contribution in [0.2, 0.25) is 0 Å². The molecule has 1 N–H and O–H groups in total. The average Bonchev–Trinajstić information content (AvgIpc) is 2.93. The van der Waals surface area contributed by atoms with Crippen LogP contribution in [-0.4, -0.2) is 19.1 Å². The number of para-hydroxylation sites is 1. The summed E-state index contributed by atoms with van der Waals surface area (Å²) in [6.07, 6.45) is 0. The smallest absolute Gasteiger partial charge is 0.321 e. The molecule has 0 radical (unpaired) electrons. The van der Waals surface area contributed by atoms with E-state index in [1.54, 1.807) is 4.90 Å². The lowest BCUT2D eigenvalue weighted by molar-refractivity contribution is 0.252. The molecule has 3 rings (SSSR count). The highest BCUT2D eigenvalue weighted by Gasteiger charge is 2.20. The van der Waals surface area contributed by atoms with Crippen LogP contribution in [0.25, 0.3) is 0 Å². The molecule has 102 valence electrons. The van der Waals surface area contributed by atoms with E-state index in [9.17, 15) is 4.79 Å². The molecule has 1 heterocycles. The van der Waals surface area contributed by atoms with Gasteiger partial charge in [0.2, 0.25) is 0 Å². The molecule has 20 heavy (non-hydrogen) atoms. The molecule has 2 aromatic rings. The van der Waals surface area contributed by atoms with E-state index in [2.05, 4.69) is 5.32 Å². The third kappa shape index (κ3) is 2.88. The molecule has 5 heteroatoms. The van der Waals surface area contributed by atoms with Crippen LogP contribution in [0.15, 0.2) is 59.5 Å². The van der Waals surface area contributed by atoms with Gasteiger partial charge in [0.05, 0.1) is 12.0 Å². The molecule has 4 nitrogen and oxygen atoms in total. The van der Waals surface area contributed by atoms with Crippen LogP contribution in [0.4, 0.5) is 10.5 Å². The summed E-state index contributed by atoms with van der Waals surface area (Å²) in [5.74, 6) is 0.820. The number of anilines is 1. The lowest BCUT2D eigenvalue weighted by Gasteiger charge is -2.14. The van der Waals surface area contributed by atoms with Gasteiger partial charge in [-0.05, 0) is 36.4 Å². The first-order valence-corrected chi connectivity index (χ1v) is 7.12. The summed E-state index contributed by atoms with van der Waals surface area (Å²) in [5, 5.41) is 2.79. The van der Waals surface area contributed by atoms with Gasteiger partial charge in [-0.15, -0.1) is 0 Å². The Kier molecular flexibility index (Phi) is 3.78. The van der Waals surface area contributed by atoms with Crippen molar-refractivity contribution >= 4 is 23.8 Å². The van der Waals surface area contributed by atoms with Crippen LogP contribution < -0.4 is 14.4 Å². The van der Waals surface area contributed by atoms with E-state index in [1.165, 1.54) is 12.0 Å². The first-order chi connectivity index (χ1) is 9.83. The maximum absolute atomic E-state index is 11.6. The predicted molar refractivity (Wildman–Crippen MR) is 80.1 cm³/mol. The van der Waals surface area contributed by atoms with Crippen LogP contribution >= 0.6 is 12.0 Å². The number of hydrogen-bond acceptors (Lipinski definition) is 3. The molecule has 0 aliphatic carbocycles. The summed E-state index contributed by atoms with van der Waals surface area (Å²) in [4.78, 5) is 14.3. The van der Waals surface area contributed by atoms with Gasteiger partial charge in [0.15, 0.2) is 0 Å². The van der Waals surface area contributed by atoms with Crippen LogP contribution in [0.5, 0.6) is 5.75 Å². The molecule has 2 aromatic carbocycles. The Hall–Kier alpha value is -2.14. The van der Waals surface area contributed by atoms with E-state index in [0.717, 1.165) is 16.3 Å². The Balaban J connectivity index is 1.63. The molecule has 0 saturated carbocycles. The number of nitrogens with zero attached hydrogens (tertiary/aromatic N) is 1. The number of urea groups is 1. The van der Waals surface area contributed by atoms with Crippen molar-refractivity contribution in [1.29, 1.82) is 0 Å². The minimum Gasteiger partial charge on any atom is -0.421 e. The Morgan fingerprint density at radius 2 is 1.80 bits per heavy atom. The highest BCUT2D eigenvalue weighted by atomic mass is 32.2. The van der Waals surface area contributed by atoms with E-state index in [1.807, 2.05) is 54.6 Å². The van der Waals surface area contributed by atoms with Crippen LogP contribution in [0.1, 0.15) is 0 Å². The third-order valence-electron chi connectivity index (χ3n) is 2.98. The standard InChI is InChI=1S/C15H14N2O2S/c18-15-16-10-11-17(15)12-6-8-14(9-7-12)20-19-13-4-2-1-3-5-13/h1-9H,10-11H2,(H,16,18). The van der Waals surface area contributed by atoms with E-state index >= 15 is 0 Å². The quantitative estimate of drug-likeness (QED) is 0.877. The van der Waals surface area contributed by atoms with Crippen LogP contribution in [-0.2, 0) is 0 Å². The van der Waals surface area contributed by atoms with E-state index < -0.39 is 0 Å². The molecule has 0 spiro atoms. The van der Waals surface area contributed by atoms with Crippen molar-refractivity contribution in [1.82, 2.24) is 5.32 Å². The number of benzene rings is 2. The lowest BCUT2D eigenvalue weighted by atomic mass is 10.3. The summed E-state index contributed by atoms with van der Waals surface area (Å²) < 4.78 is 5.60. The van der Waals surface area contributed by atoms with Gasteiger partial charge in [0, 0.05) is 23.7 Å². The monoisotopic (exact) mass is 286 g/mol. The Bertz CT molecular complexity index is 587. The SMILES string of the molecule is O=C1NCCN1c1ccc(SOc2ccccc2)cc1. The summed E-state index contributed by atoms with van der Waals surface area (Å²) in [5.41, 5.74) is 0.907. The minimum atomic E-state index is -0.0362. The molecule has 1 aliphatic rings. The molecule has 0 aromatic heterocycles. The topological polar surface area (TPSA) is 41.6 Å². The number of amides is 2. The predicted octanol–water partition coefficient (Wildman–Crippen LogP) is 3.30. The number of carbonyl (C=O) groups excluding carboxylic acids is 1. The normalized spacial score (nSPS) is 14.2. The number of hydrogen-bond donors (Lipinski definition) is 1. The molecule has 0 unspecified atom stereocenters. The Morgan fingerprint density at radius 3 is 2.45 bits per heavy atom. The number of nitrogens with one attached hydrogen (secondary N) is 1. The second kappa shape index (κ2) is 5.88. The lowest BCUT2D eigenvalue weighted by Crippen LogP contribution is -2.27. The highest BCUT2D eigenvalue weighted by molar-refractivity contribution is 7.95. The van der Waals surface area contributed by atoms with Gasteiger partial charge < -0.3 is 9.50 Å². The molecular formula is C15H14N2O2S. The fraction of sp³-hybridized carbons (Fsp3) is 0.133. The molecule has 1 aliphatic heterocycles. The summed E-state index contributed by atoms with van der Waals surface area (Å²) >= 11 is 1.31. The van der Waals surface area contributed by atoms with Gasteiger partial charge in [-0.3, -0.25) is 4.90 Å². The molecule has 1 saturated heterocycles. The van der Waals surface area contributed by atoms with Gasteiger partial charge >= 0.3 is 6.03 Å². The maximum atomic E-state index is 11.6. The molecule has 1 fully saturated rings. The minimum absolute atomic E-state index is 0.0362. The van der Waals surface area contributed by atoms with Gasteiger partial charge in [-0.2, -0.15) is 0 Å². The van der Waals surface area contributed by atoms with Crippen molar-refractivity contribution in [3.8, 4) is 5.75 Å². The zero-order valence-electron chi connectivity index (χ0n) is 10.8. The fourth-order valence-electron chi connectivity index (χ4n) is 1.97. The van der Waals surface area contributed by atoms with Gasteiger partial charge in [-0.1, -0.05) is 18.2 Å². The number of carbonyl (C=O) groups is 1. The zero-order chi connectivity index (χ0) is 13.8. The molecule has 0 atom stereocenters. The third-order valence-corrected chi connectivity index (χ3v) is 3.72. The Labute approximate surface area is 121 Å². The Morgan fingerprint density at radius 1 is 1.05 bits per heavy atom. The van der Waals surface area contributed by atoms with Crippen LogP contribution in [0, 0.1) is 0 Å². The summed E-state index contributed by atoms with van der Waals surface area (Å²) in [7, 11) is 0. The van der Waals surface area contributed by atoms with Gasteiger partial charge in [0.25, 0.3) is 0 Å². The van der Waals surface area contributed by atoms with E-state index in [4.69, 9.17) is 4.18 Å². The molecule has 0 bridgehead atoms. The fourth-order valence-corrected chi connectivity index (χ4v) is 2.52. The average molecular weight is 286 g/mol. The second-order valence-electron chi connectivity index (χ2n) is 4.36. The molecule has 2 amide bonds. The first kappa shape index (κ1) is 12.9. The summed E-state index contributed by atoms with van der Waals surface area (Å²) in [6.45, 7) is 1.41. The van der Waals surface area contributed by atoms with Crippen molar-refractivity contribution in [2.24, 2.45) is 0 Å². The van der Waals surface area contributed by atoms with E-state index in [0.29, 0.717) is 13.1 Å². The number of rotatable bonds is 4. The second-order valence-corrected chi connectivity index (χ2v) is 5.16. The van der Waals surface area contributed by atoms with Crippen LogP contribution in [0.3, 0.4) is 0 Å². The van der Waals surface area contributed by atoms with Crippen molar-refractivity contribution in [3.05, 3.63) is 54.6 Å². The maximum Gasteiger partial charge on any atom is 0.321 e. The zero-order valence-corrected chi connectivity index (χ0v) is 11.6. The largest absolute Gasteiger partial charge is 0.421 e. The van der Waals surface area contributed by atoms with Crippen molar-refractivity contribution in [2.45, 2.75) is 4.90 Å². The molecular weight excluding hydrogens is 272 g/mol. The van der Waals surface area contributed by atoms with Crippen molar-refractivity contribution in [2.75, 3.05) is 18.0 Å². The highest BCUT2D eigenvalue weighted by Crippen LogP contribution is 2.25. The van der Waals surface area contributed by atoms with Crippen molar-refractivity contribution in [3.63, 3.8) is 0 Å². The van der Waals surface area contributed by atoms with Gasteiger partial charge in [-0.25, -0.2) is 4.79 Å².